The number of rotatable bonds is 8. The third-order valence-corrected chi connectivity index (χ3v) is 6.09. The van der Waals surface area contributed by atoms with Gasteiger partial charge >= 0.3 is 0 Å². The number of aliphatic hydroxyl groups is 1. The van der Waals surface area contributed by atoms with Gasteiger partial charge < -0.3 is 5.11 Å². The first-order valence-electron chi connectivity index (χ1n) is 8.75. The summed E-state index contributed by atoms with van der Waals surface area (Å²) in [6.45, 7) is 0.404. The molecule has 136 valence electrons. The van der Waals surface area contributed by atoms with E-state index in [-0.39, 0.29) is 12.5 Å². The summed E-state index contributed by atoms with van der Waals surface area (Å²) in [6, 6.07) is 22.6. The Hall–Kier alpha value is -2.21. The van der Waals surface area contributed by atoms with Gasteiger partial charge in [0.15, 0.2) is 0 Å². The van der Waals surface area contributed by atoms with E-state index in [1.54, 1.807) is 12.1 Å². The number of hydrogen-bond acceptors (Lipinski definition) is 3. The van der Waals surface area contributed by atoms with Crippen LogP contribution in [0.3, 0.4) is 0 Å². The molecule has 0 saturated heterocycles. The largest absolute Gasteiger partial charge is 0.396 e. The van der Waals surface area contributed by atoms with Crippen LogP contribution in [0, 0.1) is 0 Å². The Kier molecular flexibility index (Phi) is 6.04. The molecule has 2 N–H and O–H groups in total. The van der Waals surface area contributed by atoms with Gasteiger partial charge in [-0.25, -0.2) is 13.1 Å². The Bertz CT molecular complexity index is 950. The Balaban J connectivity index is 1.73. The van der Waals surface area contributed by atoms with E-state index in [1.807, 2.05) is 60.7 Å². The van der Waals surface area contributed by atoms with Crippen molar-refractivity contribution in [1.82, 2.24) is 4.72 Å². The first-order valence-corrected chi connectivity index (χ1v) is 10.2. The van der Waals surface area contributed by atoms with Gasteiger partial charge in [0.1, 0.15) is 0 Å². The van der Waals surface area contributed by atoms with Gasteiger partial charge in [-0.1, -0.05) is 66.7 Å². The third-order valence-electron chi connectivity index (χ3n) is 4.57. The molecule has 1 atom stereocenters. The minimum Gasteiger partial charge on any atom is -0.396 e. The van der Waals surface area contributed by atoms with Gasteiger partial charge in [0.05, 0.1) is 4.90 Å². The highest BCUT2D eigenvalue weighted by Gasteiger charge is 2.18. The minimum absolute atomic E-state index is 0.0790. The Morgan fingerprint density at radius 1 is 0.846 bits per heavy atom. The molecule has 0 aliphatic rings. The Morgan fingerprint density at radius 2 is 1.54 bits per heavy atom. The lowest BCUT2D eigenvalue weighted by Gasteiger charge is -2.17. The molecule has 5 heteroatoms. The number of sulfonamides is 1. The molecule has 0 saturated carbocycles. The molecule has 0 amide bonds. The highest BCUT2D eigenvalue weighted by atomic mass is 32.2. The SMILES string of the molecule is O=S(=O)(NCCC(CCO)c1ccccc1)c1cccc2ccccc12. The van der Waals surface area contributed by atoms with E-state index < -0.39 is 10.0 Å². The van der Waals surface area contributed by atoms with Crippen molar-refractivity contribution in [2.24, 2.45) is 0 Å². The fourth-order valence-electron chi connectivity index (χ4n) is 3.23. The molecule has 0 heterocycles. The van der Waals surface area contributed by atoms with Crippen molar-refractivity contribution >= 4 is 20.8 Å². The van der Waals surface area contributed by atoms with Crippen LogP contribution in [0.15, 0.2) is 77.7 Å². The molecule has 0 aliphatic heterocycles. The average molecular weight is 369 g/mol. The maximum atomic E-state index is 12.8. The summed E-state index contributed by atoms with van der Waals surface area (Å²) in [5.41, 5.74) is 1.12. The maximum Gasteiger partial charge on any atom is 0.241 e. The van der Waals surface area contributed by atoms with E-state index in [2.05, 4.69) is 4.72 Å². The maximum absolute atomic E-state index is 12.8. The third kappa shape index (κ3) is 4.30. The normalized spacial score (nSPS) is 13.0. The van der Waals surface area contributed by atoms with Crippen molar-refractivity contribution < 1.29 is 13.5 Å². The molecular formula is C21H23NO3S. The lowest BCUT2D eigenvalue weighted by molar-refractivity contribution is 0.273. The molecular weight excluding hydrogens is 346 g/mol. The second-order valence-corrected chi connectivity index (χ2v) is 8.02. The van der Waals surface area contributed by atoms with E-state index in [9.17, 15) is 13.5 Å². The number of hydrogen-bond donors (Lipinski definition) is 2. The topological polar surface area (TPSA) is 66.4 Å². The molecule has 0 aliphatic carbocycles. The summed E-state index contributed by atoms with van der Waals surface area (Å²) < 4.78 is 28.2. The lowest BCUT2D eigenvalue weighted by Crippen LogP contribution is -2.26. The van der Waals surface area contributed by atoms with Gasteiger partial charge in [0, 0.05) is 18.5 Å². The van der Waals surface area contributed by atoms with Crippen molar-refractivity contribution in [3.63, 3.8) is 0 Å². The zero-order chi connectivity index (χ0) is 18.4. The first kappa shape index (κ1) is 18.6. The fraction of sp³-hybridized carbons (Fsp3) is 0.238. The van der Waals surface area contributed by atoms with Gasteiger partial charge in [-0.15, -0.1) is 0 Å². The summed E-state index contributed by atoms with van der Waals surface area (Å²) >= 11 is 0. The number of aliphatic hydroxyl groups excluding tert-OH is 1. The second-order valence-electron chi connectivity index (χ2n) is 6.28. The summed E-state index contributed by atoms with van der Waals surface area (Å²) in [5, 5.41) is 10.9. The lowest BCUT2D eigenvalue weighted by atomic mass is 9.93. The van der Waals surface area contributed by atoms with E-state index in [1.165, 1.54) is 0 Å². The predicted molar refractivity (Wildman–Crippen MR) is 105 cm³/mol. The molecule has 1 unspecified atom stereocenters. The molecule has 0 bridgehead atoms. The van der Waals surface area contributed by atoms with Gasteiger partial charge in [-0.05, 0) is 35.8 Å². The van der Waals surface area contributed by atoms with Crippen LogP contribution in [0.1, 0.15) is 24.3 Å². The van der Waals surface area contributed by atoms with Crippen LogP contribution in [-0.4, -0.2) is 26.7 Å². The molecule has 26 heavy (non-hydrogen) atoms. The van der Waals surface area contributed by atoms with E-state index in [0.29, 0.717) is 24.3 Å². The monoisotopic (exact) mass is 369 g/mol. The van der Waals surface area contributed by atoms with E-state index in [0.717, 1.165) is 16.3 Å². The first-order chi connectivity index (χ1) is 12.6. The molecule has 0 aromatic heterocycles. The van der Waals surface area contributed by atoms with Gasteiger partial charge in [-0.3, -0.25) is 0 Å². The van der Waals surface area contributed by atoms with Crippen LogP contribution in [-0.2, 0) is 10.0 Å². The fourth-order valence-corrected chi connectivity index (χ4v) is 4.51. The molecule has 4 nitrogen and oxygen atoms in total. The number of benzene rings is 3. The smallest absolute Gasteiger partial charge is 0.241 e. The minimum atomic E-state index is -3.59. The van der Waals surface area contributed by atoms with Gasteiger partial charge in [0.25, 0.3) is 0 Å². The van der Waals surface area contributed by atoms with Crippen molar-refractivity contribution in [2.75, 3.05) is 13.2 Å². The van der Waals surface area contributed by atoms with Crippen LogP contribution >= 0.6 is 0 Å². The second kappa shape index (κ2) is 8.45. The average Bonchev–Trinajstić information content (AvgIpc) is 2.67. The standard InChI is InChI=1S/C21H23NO3S/c23-16-14-18(17-7-2-1-3-8-17)13-15-22-26(24,25)21-12-6-10-19-9-4-5-11-20(19)21/h1-12,18,22-23H,13-16H2. The van der Waals surface area contributed by atoms with Gasteiger partial charge in [0.2, 0.25) is 10.0 Å². The summed E-state index contributed by atoms with van der Waals surface area (Å²) in [6.07, 6.45) is 1.24. The predicted octanol–water partition coefficient (Wildman–Crippen LogP) is 3.67. The Morgan fingerprint density at radius 3 is 2.31 bits per heavy atom. The van der Waals surface area contributed by atoms with E-state index in [4.69, 9.17) is 0 Å². The number of fused-ring (bicyclic) bond motifs is 1. The molecule has 3 aromatic rings. The van der Waals surface area contributed by atoms with Crippen LogP contribution in [0.2, 0.25) is 0 Å². The molecule has 3 aromatic carbocycles. The molecule has 3 rings (SSSR count). The number of nitrogens with one attached hydrogen (secondary N) is 1. The molecule has 0 radical (unpaired) electrons. The highest BCUT2D eigenvalue weighted by Crippen LogP contribution is 2.24. The molecule has 0 spiro atoms. The van der Waals surface area contributed by atoms with Crippen LogP contribution < -0.4 is 4.72 Å². The summed E-state index contributed by atoms with van der Waals surface area (Å²) in [7, 11) is -3.59. The summed E-state index contributed by atoms with van der Waals surface area (Å²) in [4.78, 5) is 0.300. The van der Waals surface area contributed by atoms with Crippen LogP contribution in [0.25, 0.3) is 10.8 Å². The Labute approximate surface area is 154 Å². The summed E-state index contributed by atoms with van der Waals surface area (Å²) in [5.74, 6) is 0.122. The zero-order valence-corrected chi connectivity index (χ0v) is 15.3. The van der Waals surface area contributed by atoms with Crippen molar-refractivity contribution in [2.45, 2.75) is 23.7 Å². The molecule has 0 fully saturated rings. The quantitative estimate of drug-likeness (QED) is 0.637. The van der Waals surface area contributed by atoms with Crippen LogP contribution in [0.5, 0.6) is 0 Å². The zero-order valence-electron chi connectivity index (χ0n) is 14.5. The van der Waals surface area contributed by atoms with E-state index >= 15 is 0 Å². The van der Waals surface area contributed by atoms with Crippen molar-refractivity contribution in [3.05, 3.63) is 78.4 Å². The van der Waals surface area contributed by atoms with Crippen molar-refractivity contribution in [1.29, 1.82) is 0 Å². The highest BCUT2D eigenvalue weighted by molar-refractivity contribution is 7.89. The van der Waals surface area contributed by atoms with Crippen molar-refractivity contribution in [3.8, 4) is 0 Å². The van der Waals surface area contributed by atoms with Crippen LogP contribution in [0.4, 0.5) is 0 Å². The van der Waals surface area contributed by atoms with Gasteiger partial charge in [-0.2, -0.15) is 0 Å².